The Bertz CT molecular complexity index is 5880. The van der Waals surface area contributed by atoms with Crippen LogP contribution in [0.4, 0.5) is 71.6 Å². The SMILES string of the molecule is CCNC(=O)[C@H]1[C@@H]2CCC[C@@H]2CN1c1ccnc(-c2c[nH]c3ncc(Cl)cc23)n1.O=C(NCC(F)(F)F)[C@H]1C=CCN1c1nc(-c2c[nH]c3ncc(Cl)cc23)ncc1F.O=C(NCC(F)(F)F)[C@H]1[C@@H]2CCC[C@@H]2CN1c1ccnc(-c2c[nH]c3ncc(Cl)cc23)n1.O=C(NCC(F)F)[C@H]1C[C@@H](F)CN1c1nc(-c2c[nH]c3ncc(Cl)cc23)ncc1F. The molecule has 9 atom stereocenters. The first-order chi connectivity index (χ1) is 58.0. The second-order valence-corrected chi connectivity index (χ2v) is 31.1. The standard InChI is InChI=1S/C21H20ClF3N6O.C21H23ClN6O.C18H15ClF4N6O.C18H13ClF4N6O/c22-12-6-14-15(8-28-18(14)27-7-12)19-26-5-4-16(30-19)31-9-11-2-1-3-13(11)17(31)20(32)29-10-21(23,24)25;1-2-23-21(29)18-14-5-3-4-12(14)11-28(18)17-6-7-24-20(27-17)16-10-26-19-15(16)8-13(22)9-25-19;19-8-1-10-11(4-25-15(10)24-3-8)16-26-5-12(21)17(28-16)29-7-9(20)2-13(29)18(30)27-6-14(22)23;19-9-4-10-11(6-25-14(10)24-5-9)15-26-7-12(20)16(28-15)29-3-1-2-13(29)17(30)27-8-18(21,22)23/h4-8,11,13,17H,1-3,9-10H2,(H,27,28)(H,29,32);6-10,12,14,18H,2-5,11H2,1H3,(H,23,29)(H,25,26);1,3-5,9,13-14H,2,6-7H2,(H,24,25)(H,27,30);1-2,4-7,13H,3,8H2,(H,24,25)(H,27,30)/t11-,13-,17-;12-,14-,18-;9-,13-;13-/m1111/s1. The zero-order chi connectivity index (χ0) is 85.3. The third kappa shape index (κ3) is 18.6. The number of anilines is 4. The number of carbonyl (C=O) groups excluding carboxylic acids is 4. The van der Waals surface area contributed by atoms with E-state index in [4.69, 9.17) is 51.4 Å². The van der Waals surface area contributed by atoms with E-state index in [1.54, 1.807) is 72.8 Å². The van der Waals surface area contributed by atoms with Crippen molar-refractivity contribution in [2.24, 2.45) is 23.7 Å². The number of nitrogens with one attached hydrogen (secondary N) is 8. The molecule has 0 bridgehead atoms. The second-order valence-electron chi connectivity index (χ2n) is 29.3. The summed E-state index contributed by atoms with van der Waals surface area (Å²) in [7, 11) is 0. The molecule has 12 aromatic heterocycles. The maximum absolute atomic E-state index is 14.5. The van der Waals surface area contributed by atoms with Crippen molar-refractivity contribution in [1.29, 1.82) is 0 Å². The van der Waals surface area contributed by atoms with Gasteiger partial charge in [-0.2, -0.15) is 26.3 Å². The van der Waals surface area contributed by atoms with Crippen LogP contribution in [-0.2, 0) is 19.2 Å². The van der Waals surface area contributed by atoms with E-state index in [-0.39, 0.29) is 66.6 Å². The molecule has 6 aliphatic rings. The van der Waals surface area contributed by atoms with Crippen molar-refractivity contribution in [3.8, 4) is 45.6 Å². The van der Waals surface area contributed by atoms with Crippen LogP contribution in [0, 0.1) is 35.3 Å². The third-order valence-electron chi connectivity index (χ3n) is 21.6. The Labute approximate surface area is 699 Å². The Hall–Kier alpha value is -11.7. The molecule has 632 valence electrons. The smallest absolute Gasteiger partial charge is 0.355 e. The van der Waals surface area contributed by atoms with E-state index >= 15 is 0 Å². The molecule has 3 saturated heterocycles. The quantitative estimate of drug-likeness (QED) is 0.0310. The molecule has 12 aromatic rings. The van der Waals surface area contributed by atoms with Crippen LogP contribution < -0.4 is 40.9 Å². The van der Waals surface area contributed by atoms with Gasteiger partial charge in [0, 0.05) is 138 Å². The van der Waals surface area contributed by atoms with E-state index in [0.29, 0.717) is 107 Å². The summed E-state index contributed by atoms with van der Waals surface area (Å²) in [5.74, 6) is -0.617. The number of rotatable bonds is 17. The minimum Gasteiger partial charge on any atom is -0.355 e. The van der Waals surface area contributed by atoms with Gasteiger partial charge in [0.1, 0.15) is 77.7 Å². The molecule has 0 aromatic carbocycles. The van der Waals surface area contributed by atoms with Crippen LogP contribution >= 0.6 is 46.4 Å². The first-order valence-corrected chi connectivity index (χ1v) is 39.7. The lowest BCUT2D eigenvalue weighted by atomic mass is 9.93. The number of aromatic amines is 4. The Morgan fingerprint density at radius 1 is 0.496 bits per heavy atom. The van der Waals surface area contributed by atoms with Gasteiger partial charge in [-0.3, -0.25) is 19.2 Å². The fraction of sp³-hybridized carbons (Fsp3) is 0.359. The Kier molecular flexibility index (Phi) is 24.8. The zero-order valence-electron chi connectivity index (χ0n) is 63.4. The van der Waals surface area contributed by atoms with Crippen molar-refractivity contribution in [3.05, 3.63) is 155 Å². The molecule has 5 fully saturated rings. The van der Waals surface area contributed by atoms with Gasteiger partial charge >= 0.3 is 12.4 Å². The number of halogens is 15. The van der Waals surface area contributed by atoms with Crippen LogP contribution in [0.15, 0.2) is 123 Å². The molecule has 16 heterocycles. The van der Waals surface area contributed by atoms with Crippen molar-refractivity contribution < 1.29 is 67.5 Å². The number of H-pyrrole nitrogens is 4. The Morgan fingerprint density at radius 3 is 1.31 bits per heavy atom. The molecule has 4 amide bonds. The lowest BCUT2D eigenvalue weighted by Gasteiger charge is -2.28. The van der Waals surface area contributed by atoms with E-state index in [1.807, 2.05) is 35.5 Å². The fourth-order valence-corrected chi connectivity index (χ4v) is 17.1. The summed E-state index contributed by atoms with van der Waals surface area (Å²) < 4.78 is 143. The number of likely N-dealkylation sites (N-methyl/N-ethyl adjacent to an activating group) is 1. The largest absolute Gasteiger partial charge is 0.405 e. The maximum Gasteiger partial charge on any atom is 0.405 e. The number of hydrogen-bond acceptors (Lipinski definition) is 20. The summed E-state index contributed by atoms with van der Waals surface area (Å²) in [6, 6.07) is 7.34. The van der Waals surface area contributed by atoms with Crippen molar-refractivity contribution in [3.63, 3.8) is 0 Å². The summed E-state index contributed by atoms with van der Waals surface area (Å²) >= 11 is 24.2. The van der Waals surface area contributed by atoms with Crippen molar-refractivity contribution in [2.75, 3.05) is 72.0 Å². The number of alkyl halides is 9. The average Bonchev–Trinajstić information content (AvgIpc) is 1.62. The molecular formula is C78H71Cl4F11N24O4. The lowest BCUT2D eigenvalue weighted by molar-refractivity contribution is -0.139. The van der Waals surface area contributed by atoms with Gasteiger partial charge in [-0.25, -0.2) is 81.8 Å². The van der Waals surface area contributed by atoms with Gasteiger partial charge in [0.25, 0.3) is 6.43 Å². The Morgan fingerprint density at radius 2 is 0.901 bits per heavy atom. The number of nitrogens with zero attached hydrogens (tertiary/aromatic N) is 16. The van der Waals surface area contributed by atoms with Crippen LogP contribution in [0.5, 0.6) is 0 Å². The predicted octanol–water partition coefficient (Wildman–Crippen LogP) is 13.7. The van der Waals surface area contributed by atoms with E-state index in [9.17, 15) is 67.5 Å². The fourth-order valence-electron chi connectivity index (χ4n) is 16.5. The number of pyridine rings is 4. The Balaban J connectivity index is 0.000000126. The van der Waals surface area contributed by atoms with Gasteiger partial charge in [-0.05, 0) is 92.7 Å². The number of hydrogen-bond donors (Lipinski definition) is 8. The molecule has 2 saturated carbocycles. The second kappa shape index (κ2) is 35.5. The number of fused-ring (bicyclic) bond motifs is 6. The first kappa shape index (κ1) is 84.3. The van der Waals surface area contributed by atoms with Gasteiger partial charge < -0.3 is 60.8 Å². The molecule has 28 nitrogen and oxygen atoms in total. The van der Waals surface area contributed by atoms with Gasteiger partial charge in [0.05, 0.1) is 45.6 Å². The molecule has 0 spiro atoms. The van der Waals surface area contributed by atoms with Gasteiger partial charge in [0.2, 0.25) is 23.6 Å². The van der Waals surface area contributed by atoms with E-state index in [2.05, 4.69) is 90.3 Å². The van der Waals surface area contributed by atoms with Gasteiger partial charge in [-0.1, -0.05) is 71.4 Å². The van der Waals surface area contributed by atoms with E-state index in [1.165, 1.54) is 42.4 Å². The minimum absolute atomic E-state index is 0.0118. The third-order valence-corrected chi connectivity index (χ3v) is 22.5. The molecular weight excluding hydrogens is 1690 g/mol. The molecule has 43 heteroatoms. The predicted molar refractivity (Wildman–Crippen MR) is 429 cm³/mol. The summed E-state index contributed by atoms with van der Waals surface area (Å²) in [4.78, 5) is 120. The molecule has 121 heavy (non-hydrogen) atoms. The number of carbonyl (C=O) groups is 4. The maximum atomic E-state index is 14.5. The molecule has 18 rings (SSSR count). The van der Waals surface area contributed by atoms with Crippen molar-refractivity contribution in [1.82, 2.24) is 101 Å². The molecule has 0 radical (unpaired) electrons. The van der Waals surface area contributed by atoms with Gasteiger partial charge in [0.15, 0.2) is 46.6 Å². The van der Waals surface area contributed by atoms with Crippen molar-refractivity contribution in [2.45, 2.75) is 101 Å². The summed E-state index contributed by atoms with van der Waals surface area (Å²) in [6.45, 7) is 0.134. The molecule has 8 N–H and O–H groups in total. The van der Waals surface area contributed by atoms with Gasteiger partial charge in [-0.15, -0.1) is 0 Å². The monoisotopic (exact) mass is 1760 g/mol. The van der Waals surface area contributed by atoms with Crippen LogP contribution in [0.25, 0.3) is 89.7 Å². The topological polar surface area (TPSA) is 347 Å². The van der Waals surface area contributed by atoms with E-state index in [0.717, 1.165) is 77.3 Å². The number of aromatic nitrogens is 16. The summed E-state index contributed by atoms with van der Waals surface area (Å²) in [5, 5.41) is 13.6. The summed E-state index contributed by atoms with van der Waals surface area (Å²) in [5.41, 5.74) is 4.96. The summed E-state index contributed by atoms with van der Waals surface area (Å²) in [6.07, 6.45) is 13.7. The van der Waals surface area contributed by atoms with Crippen molar-refractivity contribution >= 4 is 137 Å². The highest BCUT2D eigenvalue weighted by atomic mass is 35.5. The number of amides is 4. The zero-order valence-corrected chi connectivity index (χ0v) is 66.4. The van der Waals surface area contributed by atoms with Crippen LogP contribution in [0.2, 0.25) is 20.1 Å². The highest BCUT2D eigenvalue weighted by Gasteiger charge is 2.50. The average molecular weight is 1760 g/mol. The first-order valence-electron chi connectivity index (χ1n) is 38.1. The van der Waals surface area contributed by atoms with Crippen LogP contribution in [0.3, 0.4) is 0 Å². The molecule has 4 aliphatic heterocycles. The normalized spacial score (nSPS) is 20.5. The van der Waals surface area contributed by atoms with Crippen LogP contribution in [0.1, 0.15) is 51.9 Å². The molecule has 2 aliphatic carbocycles. The minimum atomic E-state index is -4.55. The molecule has 0 unspecified atom stereocenters. The van der Waals surface area contributed by atoms with Crippen LogP contribution in [-0.4, -0.2) is 205 Å². The highest BCUT2D eigenvalue weighted by molar-refractivity contribution is 6.32. The highest BCUT2D eigenvalue weighted by Crippen LogP contribution is 2.47. The lowest BCUT2D eigenvalue weighted by Crippen LogP contribution is -2.48. The van der Waals surface area contributed by atoms with E-state index < -0.39 is 92.1 Å².